The van der Waals surface area contributed by atoms with E-state index < -0.39 is 0 Å². The van der Waals surface area contributed by atoms with Crippen LogP contribution in [0.25, 0.3) is 0 Å². The summed E-state index contributed by atoms with van der Waals surface area (Å²) >= 11 is 0. The van der Waals surface area contributed by atoms with E-state index in [4.69, 9.17) is 0 Å². The highest BCUT2D eigenvalue weighted by Gasteiger charge is 2.05. The van der Waals surface area contributed by atoms with Crippen molar-refractivity contribution in [2.45, 2.75) is 46.5 Å². The van der Waals surface area contributed by atoms with Crippen molar-refractivity contribution < 1.29 is 4.79 Å². The van der Waals surface area contributed by atoms with Crippen molar-refractivity contribution in [2.75, 3.05) is 11.9 Å². The monoisotopic (exact) mass is 248 g/mol. The normalized spacial score (nSPS) is 10.2. The second-order valence-electron chi connectivity index (χ2n) is 4.71. The van der Waals surface area contributed by atoms with E-state index in [-0.39, 0.29) is 6.03 Å². The molecule has 1 rings (SSSR count). The predicted octanol–water partition coefficient (Wildman–Crippen LogP) is 4.01. The number of benzene rings is 1. The van der Waals surface area contributed by atoms with Crippen LogP contribution < -0.4 is 10.6 Å². The molecule has 0 saturated carbocycles. The Morgan fingerprint density at radius 1 is 1.11 bits per heavy atom. The molecule has 1 aromatic rings. The Balaban J connectivity index is 2.36. The fraction of sp³-hybridized carbons (Fsp3) is 0.533. The Labute approximate surface area is 110 Å². The van der Waals surface area contributed by atoms with Crippen molar-refractivity contribution in [1.82, 2.24) is 5.32 Å². The molecule has 0 atom stereocenters. The number of urea groups is 1. The molecule has 0 aromatic heterocycles. The van der Waals surface area contributed by atoms with Gasteiger partial charge >= 0.3 is 6.03 Å². The quantitative estimate of drug-likeness (QED) is 0.734. The first-order valence-electron chi connectivity index (χ1n) is 6.76. The first-order chi connectivity index (χ1) is 8.65. The number of hydrogen-bond donors (Lipinski definition) is 2. The van der Waals surface area contributed by atoms with Crippen LogP contribution >= 0.6 is 0 Å². The largest absolute Gasteiger partial charge is 0.338 e. The molecule has 0 radical (unpaired) electrons. The van der Waals surface area contributed by atoms with Gasteiger partial charge in [0.2, 0.25) is 0 Å². The van der Waals surface area contributed by atoms with Crippen LogP contribution in [-0.2, 0) is 0 Å². The molecule has 0 aliphatic heterocycles. The molecular formula is C15H24N2O. The lowest BCUT2D eigenvalue weighted by molar-refractivity contribution is 0.252. The van der Waals surface area contributed by atoms with Gasteiger partial charge in [0.15, 0.2) is 0 Å². The van der Waals surface area contributed by atoms with Gasteiger partial charge in [-0.05, 0) is 31.4 Å². The Morgan fingerprint density at radius 3 is 2.39 bits per heavy atom. The minimum absolute atomic E-state index is 0.108. The highest BCUT2D eigenvalue weighted by Crippen LogP contribution is 2.18. The number of rotatable bonds is 6. The van der Waals surface area contributed by atoms with Gasteiger partial charge < -0.3 is 10.6 Å². The molecule has 2 amide bonds. The van der Waals surface area contributed by atoms with Gasteiger partial charge in [0.1, 0.15) is 0 Å². The summed E-state index contributed by atoms with van der Waals surface area (Å²) in [5.41, 5.74) is 3.11. The van der Waals surface area contributed by atoms with E-state index in [1.165, 1.54) is 19.3 Å². The van der Waals surface area contributed by atoms with Crippen LogP contribution in [0.3, 0.4) is 0 Å². The van der Waals surface area contributed by atoms with Gasteiger partial charge in [-0.15, -0.1) is 0 Å². The second kappa shape index (κ2) is 7.75. The molecule has 1 aromatic carbocycles. The van der Waals surface area contributed by atoms with E-state index in [0.29, 0.717) is 0 Å². The molecule has 0 heterocycles. The number of hydrogen-bond acceptors (Lipinski definition) is 1. The predicted molar refractivity (Wildman–Crippen MR) is 77.1 cm³/mol. The minimum Gasteiger partial charge on any atom is -0.338 e. The molecule has 0 spiro atoms. The van der Waals surface area contributed by atoms with Crippen molar-refractivity contribution >= 4 is 11.7 Å². The van der Waals surface area contributed by atoms with Crippen molar-refractivity contribution in [3.63, 3.8) is 0 Å². The van der Waals surface area contributed by atoms with Crippen LogP contribution in [0, 0.1) is 13.8 Å². The maximum Gasteiger partial charge on any atom is 0.319 e. The maximum absolute atomic E-state index is 11.7. The molecule has 0 bridgehead atoms. The fourth-order valence-electron chi connectivity index (χ4n) is 1.92. The van der Waals surface area contributed by atoms with Crippen LogP contribution in [-0.4, -0.2) is 12.6 Å². The summed E-state index contributed by atoms with van der Waals surface area (Å²) < 4.78 is 0. The van der Waals surface area contributed by atoms with Gasteiger partial charge in [0, 0.05) is 12.2 Å². The molecule has 0 aliphatic carbocycles. The average molecular weight is 248 g/mol. The fourth-order valence-corrected chi connectivity index (χ4v) is 1.92. The third-order valence-corrected chi connectivity index (χ3v) is 3.04. The first-order valence-corrected chi connectivity index (χ1v) is 6.76. The summed E-state index contributed by atoms with van der Waals surface area (Å²) in [5.74, 6) is 0. The Morgan fingerprint density at radius 2 is 1.78 bits per heavy atom. The van der Waals surface area contributed by atoms with E-state index >= 15 is 0 Å². The molecule has 18 heavy (non-hydrogen) atoms. The maximum atomic E-state index is 11.7. The van der Waals surface area contributed by atoms with Crippen molar-refractivity contribution in [2.24, 2.45) is 0 Å². The van der Waals surface area contributed by atoms with Crippen molar-refractivity contribution in [3.8, 4) is 0 Å². The van der Waals surface area contributed by atoms with Gasteiger partial charge in [-0.2, -0.15) is 0 Å². The second-order valence-corrected chi connectivity index (χ2v) is 4.71. The van der Waals surface area contributed by atoms with Crippen LogP contribution in [0.4, 0.5) is 10.5 Å². The number of amides is 2. The Hall–Kier alpha value is -1.51. The summed E-state index contributed by atoms with van der Waals surface area (Å²) in [7, 11) is 0. The lowest BCUT2D eigenvalue weighted by atomic mass is 10.1. The number of unbranched alkanes of at least 4 members (excludes halogenated alkanes) is 3. The molecule has 2 N–H and O–H groups in total. The number of carbonyl (C=O) groups is 1. The number of nitrogens with one attached hydrogen (secondary N) is 2. The van der Waals surface area contributed by atoms with E-state index in [2.05, 4.69) is 17.6 Å². The topological polar surface area (TPSA) is 41.1 Å². The summed E-state index contributed by atoms with van der Waals surface area (Å²) in [6.07, 6.45) is 4.68. The van der Waals surface area contributed by atoms with E-state index in [9.17, 15) is 4.79 Å². The zero-order valence-electron chi connectivity index (χ0n) is 11.7. The first kappa shape index (κ1) is 14.6. The minimum atomic E-state index is -0.108. The third-order valence-electron chi connectivity index (χ3n) is 3.04. The van der Waals surface area contributed by atoms with Crippen LogP contribution in [0.15, 0.2) is 18.2 Å². The summed E-state index contributed by atoms with van der Waals surface area (Å²) in [6.45, 7) is 6.94. The van der Waals surface area contributed by atoms with Crippen molar-refractivity contribution in [3.05, 3.63) is 29.3 Å². The van der Waals surface area contributed by atoms with Crippen LogP contribution in [0.1, 0.15) is 43.7 Å². The molecule has 0 unspecified atom stereocenters. The molecule has 0 aliphatic rings. The van der Waals surface area contributed by atoms with E-state index in [0.717, 1.165) is 29.8 Å². The number of carbonyl (C=O) groups excluding carboxylic acids is 1. The zero-order chi connectivity index (χ0) is 13.4. The van der Waals surface area contributed by atoms with E-state index in [1.807, 2.05) is 32.0 Å². The molecule has 3 nitrogen and oxygen atoms in total. The smallest absolute Gasteiger partial charge is 0.319 e. The lowest BCUT2D eigenvalue weighted by Gasteiger charge is -2.12. The third kappa shape index (κ3) is 4.78. The molecule has 0 saturated heterocycles. The Kier molecular flexibility index (Phi) is 6.26. The lowest BCUT2D eigenvalue weighted by Crippen LogP contribution is -2.30. The SMILES string of the molecule is CCCCCCNC(=O)Nc1c(C)cccc1C. The van der Waals surface area contributed by atoms with Crippen LogP contribution in [0.5, 0.6) is 0 Å². The van der Waals surface area contributed by atoms with Gasteiger partial charge in [-0.25, -0.2) is 4.79 Å². The van der Waals surface area contributed by atoms with Gasteiger partial charge in [0.05, 0.1) is 0 Å². The number of aryl methyl sites for hydroxylation is 2. The van der Waals surface area contributed by atoms with Gasteiger partial charge in [0.25, 0.3) is 0 Å². The molecule has 0 fully saturated rings. The molecular weight excluding hydrogens is 224 g/mol. The summed E-state index contributed by atoms with van der Waals surface area (Å²) in [4.78, 5) is 11.7. The van der Waals surface area contributed by atoms with Crippen molar-refractivity contribution in [1.29, 1.82) is 0 Å². The highest BCUT2D eigenvalue weighted by molar-refractivity contribution is 5.90. The van der Waals surface area contributed by atoms with E-state index in [1.54, 1.807) is 0 Å². The standard InChI is InChI=1S/C15H24N2O/c1-4-5-6-7-11-16-15(18)17-14-12(2)9-8-10-13(14)3/h8-10H,4-7,11H2,1-3H3,(H2,16,17,18). The van der Waals surface area contributed by atoms with Gasteiger partial charge in [-0.1, -0.05) is 44.4 Å². The summed E-state index contributed by atoms with van der Waals surface area (Å²) in [6, 6.07) is 5.90. The summed E-state index contributed by atoms with van der Waals surface area (Å²) in [5, 5.41) is 5.81. The zero-order valence-corrected chi connectivity index (χ0v) is 11.7. The number of para-hydroxylation sites is 1. The average Bonchev–Trinajstić information content (AvgIpc) is 2.34. The highest BCUT2D eigenvalue weighted by atomic mass is 16.2. The molecule has 3 heteroatoms. The molecule has 100 valence electrons. The van der Waals surface area contributed by atoms with Gasteiger partial charge in [-0.3, -0.25) is 0 Å². The number of anilines is 1. The Bertz CT molecular complexity index is 368. The van der Waals surface area contributed by atoms with Crippen LogP contribution in [0.2, 0.25) is 0 Å².